The highest BCUT2D eigenvalue weighted by Crippen LogP contribution is 2.35. The fourth-order valence-corrected chi connectivity index (χ4v) is 4.58. The van der Waals surface area contributed by atoms with Crippen LogP contribution in [0.4, 0.5) is 22.0 Å². The number of aromatic hydroxyl groups is 1. The molecule has 35 heavy (non-hydrogen) atoms. The van der Waals surface area contributed by atoms with Gasteiger partial charge in [-0.25, -0.2) is 8.78 Å². The van der Waals surface area contributed by atoms with Gasteiger partial charge >= 0.3 is 6.18 Å². The first-order valence-electron chi connectivity index (χ1n) is 11.0. The smallest absolute Gasteiger partial charge is 0.408 e. The molecule has 1 amide bonds. The zero-order valence-corrected chi connectivity index (χ0v) is 18.6. The molecular weight excluding hydrogens is 477 g/mol. The summed E-state index contributed by atoms with van der Waals surface area (Å²) in [6, 6.07) is 0.687. The first-order chi connectivity index (χ1) is 16.4. The average Bonchev–Trinajstić information content (AvgIpc) is 2.79. The minimum atomic E-state index is -4.73. The summed E-state index contributed by atoms with van der Waals surface area (Å²) in [6.07, 6.45) is -3.82. The molecule has 0 spiro atoms. The predicted octanol–water partition coefficient (Wildman–Crippen LogP) is 3.50. The highest BCUT2D eigenvalue weighted by Gasteiger charge is 2.50. The number of fused-ring (bicyclic) bond motifs is 3. The van der Waals surface area contributed by atoms with Crippen LogP contribution in [0.1, 0.15) is 59.0 Å². The summed E-state index contributed by atoms with van der Waals surface area (Å²) in [7, 11) is 0. The number of aromatic nitrogens is 1. The molecule has 4 rings (SSSR count). The Balaban J connectivity index is 1.72. The van der Waals surface area contributed by atoms with Gasteiger partial charge < -0.3 is 10.0 Å². The molecule has 0 bridgehead atoms. The van der Waals surface area contributed by atoms with Crippen molar-refractivity contribution in [1.29, 1.82) is 0 Å². The van der Waals surface area contributed by atoms with Crippen LogP contribution in [-0.4, -0.2) is 51.3 Å². The van der Waals surface area contributed by atoms with E-state index < -0.39 is 64.1 Å². The van der Waals surface area contributed by atoms with Crippen molar-refractivity contribution in [3.63, 3.8) is 0 Å². The van der Waals surface area contributed by atoms with Crippen LogP contribution >= 0.6 is 0 Å². The first kappa shape index (κ1) is 24.7. The number of carbonyl (C=O) groups excluding carboxylic acids is 2. The van der Waals surface area contributed by atoms with Gasteiger partial charge in [-0.15, -0.1) is 0 Å². The first-order valence-corrected chi connectivity index (χ1v) is 11.0. The Kier molecular flexibility index (Phi) is 6.32. The van der Waals surface area contributed by atoms with Crippen molar-refractivity contribution in [3.05, 3.63) is 63.1 Å². The van der Waals surface area contributed by atoms with E-state index in [-0.39, 0.29) is 31.4 Å². The normalized spacial score (nSPS) is 18.8. The van der Waals surface area contributed by atoms with E-state index in [9.17, 15) is 41.4 Å². The highest BCUT2D eigenvalue weighted by atomic mass is 19.4. The molecule has 0 radical (unpaired) electrons. The van der Waals surface area contributed by atoms with Crippen molar-refractivity contribution in [2.45, 2.75) is 57.4 Å². The third-order valence-electron chi connectivity index (χ3n) is 6.47. The molecule has 1 aromatic carbocycles. The quantitative estimate of drug-likeness (QED) is 0.503. The lowest BCUT2D eigenvalue weighted by Gasteiger charge is -2.50. The number of Topliss-reactive ketones (excluding diaryl/α,β-unsaturated/α-hetero) is 1. The third-order valence-corrected chi connectivity index (χ3v) is 6.47. The maximum absolute atomic E-state index is 13.9. The highest BCUT2D eigenvalue weighted by molar-refractivity contribution is 6.00. The number of halogens is 5. The topological polar surface area (TPSA) is 82.9 Å². The van der Waals surface area contributed by atoms with Crippen molar-refractivity contribution in [2.24, 2.45) is 0 Å². The molecule has 3 heterocycles. The molecule has 7 nitrogen and oxygen atoms in total. The van der Waals surface area contributed by atoms with Gasteiger partial charge in [-0.3, -0.25) is 24.1 Å². The third kappa shape index (κ3) is 4.37. The van der Waals surface area contributed by atoms with Crippen molar-refractivity contribution in [2.75, 3.05) is 11.6 Å². The Labute approximate surface area is 196 Å². The maximum Gasteiger partial charge on any atom is 0.408 e. The number of aryl methyl sites for hydroxylation is 1. The number of ketones is 1. The molecular formula is C23H22F5N3O4. The van der Waals surface area contributed by atoms with E-state index >= 15 is 0 Å². The van der Waals surface area contributed by atoms with E-state index in [0.29, 0.717) is 23.8 Å². The molecule has 1 N–H and O–H groups in total. The summed E-state index contributed by atoms with van der Waals surface area (Å²) in [5, 5.41) is 12.0. The minimum Gasteiger partial charge on any atom is -0.502 e. The molecule has 1 aromatic heterocycles. The maximum atomic E-state index is 13.9. The van der Waals surface area contributed by atoms with Gasteiger partial charge in [0.2, 0.25) is 5.43 Å². The van der Waals surface area contributed by atoms with E-state index in [2.05, 4.69) is 0 Å². The van der Waals surface area contributed by atoms with Crippen LogP contribution in [0.15, 0.2) is 29.2 Å². The van der Waals surface area contributed by atoms with Gasteiger partial charge in [-0.1, -0.05) is 6.07 Å². The molecule has 2 aliphatic heterocycles. The van der Waals surface area contributed by atoms with Crippen LogP contribution in [0.2, 0.25) is 0 Å². The molecule has 1 saturated heterocycles. The lowest BCUT2D eigenvalue weighted by molar-refractivity contribution is -0.179. The summed E-state index contributed by atoms with van der Waals surface area (Å²) in [6.45, 7) is 1.06. The van der Waals surface area contributed by atoms with E-state index in [1.165, 1.54) is 11.1 Å². The molecule has 12 heteroatoms. The van der Waals surface area contributed by atoms with Crippen LogP contribution in [0, 0.1) is 11.6 Å². The Bertz CT molecular complexity index is 1240. The number of nitrogens with zero attached hydrogens (tertiary/aromatic N) is 3. The monoisotopic (exact) mass is 499 g/mol. The Hall–Kier alpha value is -3.44. The molecule has 2 aromatic rings. The lowest BCUT2D eigenvalue weighted by atomic mass is 10.0. The number of benzene rings is 1. The number of alkyl halides is 3. The second kappa shape index (κ2) is 8.97. The van der Waals surface area contributed by atoms with E-state index in [0.717, 1.165) is 23.9 Å². The van der Waals surface area contributed by atoms with Crippen molar-refractivity contribution < 1.29 is 36.6 Å². The minimum absolute atomic E-state index is 0.0464. The second-order valence-electron chi connectivity index (χ2n) is 8.64. The zero-order valence-electron chi connectivity index (χ0n) is 18.6. The summed E-state index contributed by atoms with van der Waals surface area (Å²) < 4.78 is 68.7. The number of piperidine rings is 1. The van der Waals surface area contributed by atoms with Crippen LogP contribution in [0.5, 0.6) is 5.75 Å². The SMILES string of the molecule is C[C@@H](N1C(=O)c2c(O)c(=O)c(C(=O)CCc3ccc(F)cc3F)cn2N2CCCC[C@@H]12)C(F)(F)F. The van der Waals surface area contributed by atoms with Crippen molar-refractivity contribution in [3.8, 4) is 5.75 Å². The number of carbonyl (C=O) groups is 2. The fraction of sp³-hybridized carbons (Fsp3) is 0.435. The number of pyridine rings is 1. The van der Waals surface area contributed by atoms with E-state index in [1.807, 2.05) is 0 Å². The molecule has 0 saturated carbocycles. The van der Waals surface area contributed by atoms with Crippen LogP contribution in [0.25, 0.3) is 0 Å². The van der Waals surface area contributed by atoms with Crippen molar-refractivity contribution in [1.82, 2.24) is 9.58 Å². The number of rotatable bonds is 5. The summed E-state index contributed by atoms with van der Waals surface area (Å²) in [5.41, 5.74) is -2.29. The molecule has 2 atom stereocenters. The fourth-order valence-electron chi connectivity index (χ4n) is 4.58. The Morgan fingerprint density at radius 1 is 1.20 bits per heavy atom. The molecule has 188 valence electrons. The zero-order chi connectivity index (χ0) is 25.7. The average molecular weight is 499 g/mol. The molecule has 1 fully saturated rings. The summed E-state index contributed by atoms with van der Waals surface area (Å²) in [5.74, 6) is -4.71. The van der Waals surface area contributed by atoms with E-state index in [4.69, 9.17) is 0 Å². The molecule has 0 unspecified atom stereocenters. The van der Waals surface area contributed by atoms with Gasteiger partial charge in [0.05, 0.1) is 5.56 Å². The van der Waals surface area contributed by atoms with Gasteiger partial charge in [0, 0.05) is 25.2 Å². The number of hydrogen-bond acceptors (Lipinski definition) is 5. The second-order valence-corrected chi connectivity index (χ2v) is 8.64. The van der Waals surface area contributed by atoms with Gasteiger partial charge in [0.15, 0.2) is 17.2 Å². The van der Waals surface area contributed by atoms with Gasteiger partial charge in [0.25, 0.3) is 5.91 Å². The molecule has 0 aliphatic carbocycles. The standard InChI is InChI=1S/C23H22F5N3O4/c1-12(23(26,27)28)31-18-4-2-3-9-29(18)30-11-15(20(33)21(34)19(30)22(31)35)17(32)8-6-13-5-7-14(24)10-16(13)25/h5,7,10-12,18,34H,2-4,6,8-9H2,1H3/t12-,18-/m1/s1. The van der Waals surface area contributed by atoms with Gasteiger partial charge in [0.1, 0.15) is 23.8 Å². The van der Waals surface area contributed by atoms with Gasteiger partial charge in [-0.2, -0.15) is 13.2 Å². The predicted molar refractivity (Wildman–Crippen MR) is 114 cm³/mol. The number of amides is 1. The Morgan fingerprint density at radius 2 is 1.91 bits per heavy atom. The van der Waals surface area contributed by atoms with Crippen LogP contribution in [-0.2, 0) is 6.42 Å². The van der Waals surface area contributed by atoms with Crippen LogP contribution in [0.3, 0.4) is 0 Å². The summed E-state index contributed by atoms with van der Waals surface area (Å²) in [4.78, 5) is 39.3. The summed E-state index contributed by atoms with van der Waals surface area (Å²) >= 11 is 0. The largest absolute Gasteiger partial charge is 0.502 e. The van der Waals surface area contributed by atoms with E-state index in [1.54, 1.807) is 0 Å². The van der Waals surface area contributed by atoms with Gasteiger partial charge in [-0.05, 0) is 44.2 Å². The van der Waals surface area contributed by atoms with Crippen LogP contribution < -0.4 is 10.4 Å². The Morgan fingerprint density at radius 3 is 2.57 bits per heavy atom. The number of hydrogen-bond donors (Lipinski definition) is 1. The lowest BCUT2D eigenvalue weighted by Crippen LogP contribution is -2.66. The van der Waals surface area contributed by atoms with Crippen molar-refractivity contribution >= 4 is 11.7 Å². The molecule has 2 aliphatic rings.